The highest BCUT2D eigenvalue weighted by Gasteiger charge is 2.10. The van der Waals surface area contributed by atoms with Crippen LogP contribution >= 0.6 is 0 Å². The second-order valence-corrected chi connectivity index (χ2v) is 5.63. The van der Waals surface area contributed by atoms with E-state index in [1.165, 1.54) is 12.1 Å². The standard InChI is InChI=1S/C21H16F2O2/c22-19-7-3-1-5-16(19)12-18-11-15(13-24)9-10-21(18)25-14-17-6-2-4-8-20(17)23/h1-11,13H,12,14H2. The Hall–Kier alpha value is -3.01. The number of hydrogen-bond acceptors (Lipinski definition) is 2. The maximum Gasteiger partial charge on any atom is 0.150 e. The Balaban J connectivity index is 1.87. The van der Waals surface area contributed by atoms with E-state index in [1.807, 2.05) is 0 Å². The molecule has 0 atom stereocenters. The van der Waals surface area contributed by atoms with Crippen LogP contribution < -0.4 is 4.74 Å². The Morgan fingerprint density at radius 1 is 0.800 bits per heavy atom. The van der Waals surface area contributed by atoms with Crippen molar-refractivity contribution >= 4 is 6.29 Å². The van der Waals surface area contributed by atoms with Gasteiger partial charge in [0.05, 0.1) is 0 Å². The van der Waals surface area contributed by atoms with Crippen LogP contribution in [0.15, 0.2) is 66.7 Å². The molecule has 0 bridgehead atoms. The van der Waals surface area contributed by atoms with Gasteiger partial charge in [0.15, 0.2) is 0 Å². The summed E-state index contributed by atoms with van der Waals surface area (Å²) in [6.45, 7) is 0.0530. The predicted molar refractivity (Wildman–Crippen MR) is 91.8 cm³/mol. The predicted octanol–water partition coefficient (Wildman–Crippen LogP) is 4.95. The number of aldehydes is 1. The Morgan fingerprint density at radius 2 is 1.44 bits per heavy atom. The van der Waals surface area contributed by atoms with E-state index < -0.39 is 0 Å². The summed E-state index contributed by atoms with van der Waals surface area (Å²) in [5.74, 6) is -0.168. The number of carbonyl (C=O) groups excluding carboxylic acids is 1. The third-order valence-electron chi connectivity index (χ3n) is 3.90. The normalized spacial score (nSPS) is 10.5. The zero-order valence-electron chi connectivity index (χ0n) is 13.4. The zero-order valence-corrected chi connectivity index (χ0v) is 13.4. The van der Waals surface area contributed by atoms with Gasteiger partial charge in [-0.2, -0.15) is 0 Å². The molecule has 4 heteroatoms. The van der Waals surface area contributed by atoms with Gasteiger partial charge in [-0.15, -0.1) is 0 Å². The summed E-state index contributed by atoms with van der Waals surface area (Å²) in [7, 11) is 0. The summed E-state index contributed by atoms with van der Waals surface area (Å²) in [4.78, 5) is 11.0. The molecule has 3 aromatic carbocycles. The van der Waals surface area contributed by atoms with E-state index in [0.717, 1.165) is 6.29 Å². The van der Waals surface area contributed by atoms with Gasteiger partial charge in [-0.3, -0.25) is 4.79 Å². The molecule has 0 spiro atoms. The van der Waals surface area contributed by atoms with E-state index in [1.54, 1.807) is 54.6 Å². The zero-order chi connectivity index (χ0) is 17.6. The Morgan fingerprint density at radius 3 is 2.08 bits per heavy atom. The number of benzene rings is 3. The van der Waals surface area contributed by atoms with Crippen LogP contribution in [-0.2, 0) is 13.0 Å². The fourth-order valence-electron chi connectivity index (χ4n) is 2.57. The minimum Gasteiger partial charge on any atom is -0.489 e. The SMILES string of the molecule is O=Cc1ccc(OCc2ccccc2F)c(Cc2ccccc2F)c1. The largest absolute Gasteiger partial charge is 0.489 e. The van der Waals surface area contributed by atoms with Gasteiger partial charge < -0.3 is 4.74 Å². The lowest BCUT2D eigenvalue weighted by Crippen LogP contribution is -2.02. The summed E-state index contributed by atoms with van der Waals surface area (Å²) < 4.78 is 33.4. The lowest BCUT2D eigenvalue weighted by Gasteiger charge is -2.13. The van der Waals surface area contributed by atoms with E-state index in [-0.39, 0.29) is 24.7 Å². The van der Waals surface area contributed by atoms with Crippen molar-refractivity contribution in [1.82, 2.24) is 0 Å². The highest BCUT2D eigenvalue weighted by Crippen LogP contribution is 2.25. The van der Waals surface area contributed by atoms with Gasteiger partial charge in [-0.1, -0.05) is 36.4 Å². The third kappa shape index (κ3) is 4.10. The van der Waals surface area contributed by atoms with E-state index in [4.69, 9.17) is 4.74 Å². The number of ether oxygens (including phenoxy) is 1. The molecule has 2 nitrogen and oxygen atoms in total. The summed E-state index contributed by atoms with van der Waals surface area (Å²) in [5.41, 5.74) is 2.08. The first-order chi connectivity index (χ1) is 12.2. The molecule has 0 aliphatic heterocycles. The minimum atomic E-state index is -0.345. The molecule has 25 heavy (non-hydrogen) atoms. The van der Waals surface area contributed by atoms with Crippen LogP contribution in [0.4, 0.5) is 8.78 Å². The van der Waals surface area contributed by atoms with E-state index in [9.17, 15) is 13.6 Å². The molecule has 0 aliphatic carbocycles. The molecule has 3 aromatic rings. The van der Waals surface area contributed by atoms with E-state index >= 15 is 0 Å². The first kappa shape index (κ1) is 16.8. The lowest BCUT2D eigenvalue weighted by atomic mass is 10.0. The fourth-order valence-corrected chi connectivity index (χ4v) is 2.57. The molecule has 0 heterocycles. The van der Waals surface area contributed by atoms with Crippen LogP contribution in [0.1, 0.15) is 27.0 Å². The second-order valence-electron chi connectivity index (χ2n) is 5.63. The van der Waals surface area contributed by atoms with Gasteiger partial charge in [0.2, 0.25) is 0 Å². The van der Waals surface area contributed by atoms with Crippen molar-refractivity contribution in [3.8, 4) is 5.75 Å². The third-order valence-corrected chi connectivity index (χ3v) is 3.90. The number of rotatable bonds is 6. The molecule has 3 rings (SSSR count). The van der Waals surface area contributed by atoms with Crippen LogP contribution in [0.2, 0.25) is 0 Å². The van der Waals surface area contributed by atoms with Crippen molar-refractivity contribution in [3.05, 3.63) is 101 Å². The van der Waals surface area contributed by atoms with Crippen molar-refractivity contribution in [3.63, 3.8) is 0 Å². The first-order valence-corrected chi connectivity index (χ1v) is 7.85. The highest BCUT2D eigenvalue weighted by atomic mass is 19.1. The molecule has 0 amide bonds. The maximum absolute atomic E-state index is 13.9. The van der Waals surface area contributed by atoms with E-state index in [2.05, 4.69) is 0 Å². The average Bonchev–Trinajstić information content (AvgIpc) is 2.63. The van der Waals surface area contributed by atoms with Gasteiger partial charge in [-0.25, -0.2) is 8.78 Å². The van der Waals surface area contributed by atoms with Gasteiger partial charge in [0.25, 0.3) is 0 Å². The molecule has 0 unspecified atom stereocenters. The molecule has 0 saturated heterocycles. The summed E-state index contributed by atoms with van der Waals surface area (Å²) in [6, 6.07) is 17.7. The van der Waals surface area contributed by atoms with Gasteiger partial charge in [0.1, 0.15) is 30.3 Å². The molecular formula is C21H16F2O2. The first-order valence-electron chi connectivity index (χ1n) is 7.85. The minimum absolute atomic E-state index is 0.0530. The van der Waals surface area contributed by atoms with E-state index in [0.29, 0.717) is 28.0 Å². The molecule has 0 N–H and O–H groups in total. The monoisotopic (exact) mass is 338 g/mol. The molecule has 0 fully saturated rings. The van der Waals surface area contributed by atoms with Gasteiger partial charge >= 0.3 is 0 Å². The summed E-state index contributed by atoms with van der Waals surface area (Å²) >= 11 is 0. The van der Waals surface area contributed by atoms with Crippen molar-refractivity contribution in [2.75, 3.05) is 0 Å². The Bertz CT molecular complexity index is 891. The van der Waals surface area contributed by atoms with Crippen LogP contribution in [0.25, 0.3) is 0 Å². The van der Waals surface area contributed by atoms with Gasteiger partial charge in [0, 0.05) is 17.5 Å². The summed E-state index contributed by atoms with van der Waals surface area (Å²) in [6.07, 6.45) is 1.01. The average molecular weight is 338 g/mol. The van der Waals surface area contributed by atoms with Crippen molar-refractivity contribution in [1.29, 1.82) is 0 Å². The van der Waals surface area contributed by atoms with Crippen molar-refractivity contribution in [2.24, 2.45) is 0 Å². The van der Waals surface area contributed by atoms with Crippen LogP contribution in [-0.4, -0.2) is 6.29 Å². The molecular weight excluding hydrogens is 322 g/mol. The number of hydrogen-bond donors (Lipinski definition) is 0. The molecule has 0 aromatic heterocycles. The smallest absolute Gasteiger partial charge is 0.150 e. The fraction of sp³-hybridized carbons (Fsp3) is 0.0952. The number of carbonyl (C=O) groups is 1. The second kappa shape index (κ2) is 7.71. The summed E-state index contributed by atoms with van der Waals surface area (Å²) in [5, 5.41) is 0. The quantitative estimate of drug-likeness (QED) is 0.595. The van der Waals surface area contributed by atoms with Crippen molar-refractivity contribution < 1.29 is 18.3 Å². The lowest BCUT2D eigenvalue weighted by molar-refractivity contribution is 0.112. The molecule has 0 saturated carbocycles. The van der Waals surface area contributed by atoms with Crippen LogP contribution in [0, 0.1) is 11.6 Å². The molecule has 0 aliphatic rings. The topological polar surface area (TPSA) is 26.3 Å². The molecule has 0 radical (unpaired) electrons. The van der Waals surface area contributed by atoms with Gasteiger partial charge in [-0.05, 0) is 41.5 Å². The van der Waals surface area contributed by atoms with Crippen LogP contribution in [0.3, 0.4) is 0 Å². The Labute approximate surface area is 144 Å². The van der Waals surface area contributed by atoms with Crippen molar-refractivity contribution in [2.45, 2.75) is 13.0 Å². The maximum atomic E-state index is 13.9. The van der Waals surface area contributed by atoms with Crippen LogP contribution in [0.5, 0.6) is 5.75 Å². The number of halogens is 2. The molecule has 126 valence electrons. The highest BCUT2D eigenvalue weighted by molar-refractivity contribution is 5.75. The Kier molecular flexibility index (Phi) is 5.19.